The summed E-state index contributed by atoms with van der Waals surface area (Å²) in [4.78, 5) is 0. The number of benzene rings is 2. The Kier molecular flexibility index (Phi) is 7.15. The molecule has 0 aromatic heterocycles. The molecule has 186 valence electrons. The smallest absolute Gasteiger partial charge is 0.399 e. The van der Waals surface area contributed by atoms with E-state index in [1.165, 1.54) is 37.8 Å². The topological polar surface area (TPSA) is 9.23 Å². The predicted octanol–water partition coefficient (Wildman–Crippen LogP) is 8.91. The predicted molar refractivity (Wildman–Crippen MR) is 114 cm³/mol. The van der Waals surface area contributed by atoms with E-state index in [1.54, 1.807) is 0 Å². The van der Waals surface area contributed by atoms with Crippen molar-refractivity contribution in [2.24, 2.45) is 17.8 Å². The second-order valence-electron chi connectivity index (χ2n) is 9.81. The first-order valence-electron chi connectivity index (χ1n) is 11.8. The van der Waals surface area contributed by atoms with E-state index in [1.807, 2.05) is 0 Å². The Morgan fingerprint density at radius 2 is 1.15 bits per heavy atom. The van der Waals surface area contributed by atoms with Gasteiger partial charge in [-0.1, -0.05) is 19.8 Å². The fraction of sp³-hybridized carbons (Fsp3) is 0.538. The summed E-state index contributed by atoms with van der Waals surface area (Å²) in [6.45, 7) is 2.29. The summed E-state index contributed by atoms with van der Waals surface area (Å²) in [5.74, 6) is -4.96. The van der Waals surface area contributed by atoms with Crippen LogP contribution in [0.15, 0.2) is 24.3 Å². The van der Waals surface area contributed by atoms with Crippen LogP contribution in [-0.2, 0) is 0 Å². The molecule has 2 aliphatic rings. The fourth-order valence-electron chi connectivity index (χ4n) is 5.70. The summed E-state index contributed by atoms with van der Waals surface area (Å²) in [5.41, 5.74) is -0.737. The highest BCUT2D eigenvalue weighted by atomic mass is 19.4. The van der Waals surface area contributed by atoms with Crippen LogP contribution in [0.3, 0.4) is 0 Å². The van der Waals surface area contributed by atoms with Crippen molar-refractivity contribution in [1.29, 1.82) is 0 Å². The highest BCUT2D eigenvalue weighted by Crippen LogP contribution is 2.44. The number of halogens is 7. The summed E-state index contributed by atoms with van der Waals surface area (Å²) < 4.78 is 98.3. The van der Waals surface area contributed by atoms with Crippen molar-refractivity contribution in [3.8, 4) is 16.9 Å². The average molecular weight is 488 g/mol. The van der Waals surface area contributed by atoms with Gasteiger partial charge in [0.05, 0.1) is 5.56 Å². The number of hydrogen-bond acceptors (Lipinski definition) is 1. The molecular formula is C26H27F7O. The van der Waals surface area contributed by atoms with Gasteiger partial charge in [-0.15, -0.1) is 13.2 Å². The maximum atomic E-state index is 14.9. The Hall–Kier alpha value is -2.25. The molecule has 4 rings (SSSR count). The van der Waals surface area contributed by atoms with Gasteiger partial charge in [-0.2, -0.15) is 0 Å². The second-order valence-corrected chi connectivity index (χ2v) is 9.81. The normalized spacial score (nSPS) is 25.9. The quantitative estimate of drug-likeness (QED) is 0.391. The molecule has 0 atom stereocenters. The zero-order valence-electron chi connectivity index (χ0n) is 18.8. The van der Waals surface area contributed by atoms with Crippen LogP contribution < -0.4 is 4.74 Å². The van der Waals surface area contributed by atoms with Gasteiger partial charge in [-0.25, -0.2) is 17.6 Å². The lowest BCUT2D eigenvalue weighted by molar-refractivity contribution is -0.276. The molecule has 0 aliphatic heterocycles. The molecule has 8 heteroatoms. The van der Waals surface area contributed by atoms with Crippen molar-refractivity contribution in [2.45, 2.75) is 70.6 Å². The molecule has 0 unspecified atom stereocenters. The molecule has 2 aromatic rings. The van der Waals surface area contributed by atoms with Gasteiger partial charge in [0, 0.05) is 0 Å². The average Bonchev–Trinajstić information content (AvgIpc) is 2.76. The third kappa shape index (κ3) is 5.52. The summed E-state index contributed by atoms with van der Waals surface area (Å²) in [5, 5.41) is 0. The van der Waals surface area contributed by atoms with Gasteiger partial charge < -0.3 is 4.74 Å². The second kappa shape index (κ2) is 9.78. The van der Waals surface area contributed by atoms with E-state index in [4.69, 9.17) is 0 Å². The molecule has 2 aliphatic carbocycles. The zero-order valence-corrected chi connectivity index (χ0v) is 18.8. The third-order valence-corrected chi connectivity index (χ3v) is 7.54. The van der Waals surface area contributed by atoms with Crippen molar-refractivity contribution in [3.63, 3.8) is 0 Å². The van der Waals surface area contributed by atoms with Crippen LogP contribution in [0.25, 0.3) is 11.1 Å². The van der Waals surface area contributed by atoms with Gasteiger partial charge >= 0.3 is 6.36 Å². The van der Waals surface area contributed by atoms with Gasteiger partial charge in [-0.05, 0) is 97.6 Å². The van der Waals surface area contributed by atoms with Crippen molar-refractivity contribution in [1.82, 2.24) is 0 Å². The molecular weight excluding hydrogens is 461 g/mol. The zero-order chi connectivity index (χ0) is 24.6. The molecule has 0 radical (unpaired) electrons. The first kappa shape index (κ1) is 24.9. The molecule has 0 amide bonds. The molecule has 1 nitrogen and oxygen atoms in total. The first-order valence-corrected chi connectivity index (χ1v) is 11.8. The minimum atomic E-state index is -5.31. The van der Waals surface area contributed by atoms with Crippen molar-refractivity contribution in [2.75, 3.05) is 0 Å². The summed E-state index contributed by atoms with van der Waals surface area (Å²) >= 11 is 0. The number of ether oxygens (including phenoxy) is 1. The van der Waals surface area contributed by atoms with Crippen LogP contribution in [0, 0.1) is 41.0 Å². The van der Waals surface area contributed by atoms with Gasteiger partial charge in [0.25, 0.3) is 0 Å². The van der Waals surface area contributed by atoms with E-state index in [-0.39, 0.29) is 5.92 Å². The molecule has 0 heterocycles. The Balaban J connectivity index is 1.50. The van der Waals surface area contributed by atoms with Crippen LogP contribution in [0.5, 0.6) is 5.75 Å². The Labute approximate surface area is 194 Å². The highest BCUT2D eigenvalue weighted by molar-refractivity contribution is 5.66. The van der Waals surface area contributed by atoms with Crippen molar-refractivity contribution < 1.29 is 35.5 Å². The number of rotatable bonds is 4. The minimum Gasteiger partial charge on any atom is -0.399 e. The summed E-state index contributed by atoms with van der Waals surface area (Å²) in [6, 6.07) is 3.20. The molecule has 0 spiro atoms. The highest BCUT2D eigenvalue weighted by Gasteiger charge is 2.35. The molecule has 2 saturated carbocycles. The van der Waals surface area contributed by atoms with E-state index in [2.05, 4.69) is 11.7 Å². The van der Waals surface area contributed by atoms with E-state index >= 15 is 0 Å². The Morgan fingerprint density at radius 3 is 1.62 bits per heavy atom. The molecule has 2 aromatic carbocycles. The van der Waals surface area contributed by atoms with Gasteiger partial charge in [-0.3, -0.25) is 0 Å². The summed E-state index contributed by atoms with van der Waals surface area (Å²) in [7, 11) is 0. The van der Waals surface area contributed by atoms with E-state index in [0.717, 1.165) is 37.5 Å². The van der Waals surface area contributed by atoms with Gasteiger partial charge in [0.1, 0.15) is 11.6 Å². The number of alkyl halides is 3. The molecule has 0 bridgehead atoms. The fourth-order valence-corrected chi connectivity index (χ4v) is 5.70. The standard InChI is InChI=1S/C26H27F7O/c1-14-2-4-15(5-3-14)16-6-8-17(9-7-16)18-10-20(27)24(21(28)11-18)19-12-22(29)25(23(30)13-19)34-26(31,32)33/h10-17H,2-9H2,1H3. The first-order chi connectivity index (χ1) is 16.0. The maximum absolute atomic E-state index is 14.9. The molecule has 0 saturated heterocycles. The Bertz CT molecular complexity index is 970. The lowest BCUT2D eigenvalue weighted by Gasteiger charge is -2.37. The lowest BCUT2D eigenvalue weighted by Crippen LogP contribution is -2.24. The largest absolute Gasteiger partial charge is 0.573 e. The monoisotopic (exact) mass is 488 g/mol. The minimum absolute atomic E-state index is 0.00662. The summed E-state index contributed by atoms with van der Waals surface area (Å²) in [6.07, 6.45) is 3.35. The lowest BCUT2D eigenvalue weighted by atomic mass is 9.68. The Morgan fingerprint density at radius 1 is 0.676 bits per heavy atom. The van der Waals surface area contributed by atoms with E-state index in [0.29, 0.717) is 23.6 Å². The van der Waals surface area contributed by atoms with Crippen LogP contribution in [0.2, 0.25) is 0 Å². The van der Waals surface area contributed by atoms with Gasteiger partial charge in [0.15, 0.2) is 11.6 Å². The van der Waals surface area contributed by atoms with Crippen molar-refractivity contribution in [3.05, 3.63) is 53.1 Å². The molecule has 34 heavy (non-hydrogen) atoms. The van der Waals surface area contributed by atoms with E-state index in [9.17, 15) is 30.7 Å². The van der Waals surface area contributed by atoms with Crippen LogP contribution in [0.1, 0.15) is 69.8 Å². The molecule has 2 fully saturated rings. The third-order valence-electron chi connectivity index (χ3n) is 7.54. The van der Waals surface area contributed by atoms with Crippen LogP contribution in [0.4, 0.5) is 30.7 Å². The van der Waals surface area contributed by atoms with Crippen molar-refractivity contribution >= 4 is 0 Å². The number of hydrogen-bond donors (Lipinski definition) is 0. The maximum Gasteiger partial charge on any atom is 0.573 e. The van der Waals surface area contributed by atoms with Crippen LogP contribution in [-0.4, -0.2) is 6.36 Å². The van der Waals surface area contributed by atoms with E-state index < -0.39 is 46.5 Å². The molecule has 0 N–H and O–H groups in total. The SMILES string of the molecule is CC1CCC(C2CCC(c3cc(F)c(-c4cc(F)c(OC(F)(F)F)c(F)c4)c(F)c3)CC2)CC1. The van der Waals surface area contributed by atoms with Gasteiger partial charge in [0.2, 0.25) is 5.75 Å². The van der Waals surface area contributed by atoms with Crippen LogP contribution >= 0.6 is 0 Å².